The molecule has 4 rings (SSSR count). The van der Waals surface area contributed by atoms with Gasteiger partial charge in [-0.15, -0.1) is 0 Å². The monoisotopic (exact) mass is 445 g/mol. The first-order chi connectivity index (χ1) is 15.7. The number of nitrogens with zero attached hydrogens (tertiary/aromatic N) is 3. The first kappa shape index (κ1) is 23.5. The predicted molar refractivity (Wildman–Crippen MR) is 124 cm³/mol. The molecule has 0 saturated carbocycles. The number of aliphatic hydroxyl groups excluding tert-OH is 1. The summed E-state index contributed by atoms with van der Waals surface area (Å²) in [6.45, 7) is 9.24. The van der Waals surface area contributed by atoms with Crippen molar-refractivity contribution in [2.24, 2.45) is 5.92 Å². The quantitative estimate of drug-likeness (QED) is 0.594. The van der Waals surface area contributed by atoms with Crippen molar-refractivity contribution in [3.05, 3.63) is 29.8 Å². The number of benzene rings is 1. The molecule has 1 aromatic carbocycles. The van der Waals surface area contributed by atoms with E-state index < -0.39 is 6.10 Å². The molecule has 1 N–H and O–H groups in total. The fourth-order valence-corrected chi connectivity index (χ4v) is 5.03. The molecular formula is C25H39N3O4. The van der Waals surface area contributed by atoms with Crippen LogP contribution in [0.1, 0.15) is 37.7 Å². The Hall–Kier alpha value is -1.67. The van der Waals surface area contributed by atoms with Gasteiger partial charge in [0.15, 0.2) is 0 Å². The van der Waals surface area contributed by atoms with E-state index in [0.29, 0.717) is 19.1 Å². The summed E-state index contributed by atoms with van der Waals surface area (Å²) in [5, 5.41) is 10.3. The normalized spacial score (nSPS) is 22.4. The number of β-amino-alcohol motifs (C(OH)–C–C–N with tert-alkyl or cyclic N) is 1. The number of hydrogen-bond acceptors (Lipinski definition) is 6. The van der Waals surface area contributed by atoms with Gasteiger partial charge in [0.05, 0.1) is 13.2 Å². The number of aliphatic hydroxyl groups is 1. The number of amides is 1. The van der Waals surface area contributed by atoms with Crippen molar-refractivity contribution in [2.75, 3.05) is 65.6 Å². The van der Waals surface area contributed by atoms with Gasteiger partial charge in [-0.25, -0.2) is 0 Å². The van der Waals surface area contributed by atoms with Crippen molar-refractivity contribution in [3.63, 3.8) is 0 Å². The van der Waals surface area contributed by atoms with Crippen molar-refractivity contribution in [1.29, 1.82) is 0 Å². The van der Waals surface area contributed by atoms with Gasteiger partial charge in [-0.1, -0.05) is 12.1 Å². The van der Waals surface area contributed by atoms with E-state index in [1.165, 1.54) is 18.4 Å². The van der Waals surface area contributed by atoms with Gasteiger partial charge in [-0.2, -0.15) is 0 Å². The summed E-state index contributed by atoms with van der Waals surface area (Å²) in [7, 11) is 0. The van der Waals surface area contributed by atoms with Crippen molar-refractivity contribution in [2.45, 2.75) is 44.8 Å². The first-order valence-corrected chi connectivity index (χ1v) is 12.4. The minimum Gasteiger partial charge on any atom is -0.491 e. The summed E-state index contributed by atoms with van der Waals surface area (Å²) >= 11 is 0. The van der Waals surface area contributed by atoms with Gasteiger partial charge in [0.25, 0.3) is 0 Å². The molecule has 0 aromatic heterocycles. The average molecular weight is 446 g/mol. The van der Waals surface area contributed by atoms with Crippen molar-refractivity contribution >= 4 is 5.91 Å². The molecule has 1 atom stereocenters. The maximum absolute atomic E-state index is 11.8. The summed E-state index contributed by atoms with van der Waals surface area (Å²) in [5.41, 5.74) is 1.26. The fraction of sp³-hybridized carbons (Fsp3) is 0.720. The third-order valence-corrected chi connectivity index (χ3v) is 7.01. The van der Waals surface area contributed by atoms with E-state index in [4.69, 9.17) is 9.47 Å². The van der Waals surface area contributed by atoms with Gasteiger partial charge < -0.3 is 19.5 Å². The van der Waals surface area contributed by atoms with Crippen LogP contribution >= 0.6 is 0 Å². The SMILES string of the molecule is O=C1CCCN1CCC1CCN(Cc2cccc(OC[C@@H](O)CN3CCOCC3)c2)CC1. The molecule has 3 saturated heterocycles. The van der Waals surface area contributed by atoms with Crippen LogP contribution in [0.25, 0.3) is 0 Å². The molecule has 0 spiro atoms. The predicted octanol–water partition coefficient (Wildman–Crippen LogP) is 1.98. The molecule has 1 aromatic rings. The molecule has 3 aliphatic rings. The van der Waals surface area contributed by atoms with E-state index in [9.17, 15) is 9.90 Å². The van der Waals surface area contributed by atoms with Crippen LogP contribution < -0.4 is 4.74 Å². The lowest BCUT2D eigenvalue weighted by molar-refractivity contribution is -0.127. The molecule has 178 valence electrons. The van der Waals surface area contributed by atoms with Crippen LogP contribution in [0.15, 0.2) is 24.3 Å². The molecule has 7 nitrogen and oxygen atoms in total. The summed E-state index contributed by atoms with van der Waals surface area (Å²) in [6.07, 6.45) is 4.86. The van der Waals surface area contributed by atoms with E-state index in [2.05, 4.69) is 26.8 Å². The fourth-order valence-electron chi connectivity index (χ4n) is 5.03. The number of ether oxygens (including phenoxy) is 2. The molecule has 32 heavy (non-hydrogen) atoms. The molecule has 3 fully saturated rings. The lowest BCUT2D eigenvalue weighted by atomic mass is 9.93. The highest BCUT2D eigenvalue weighted by atomic mass is 16.5. The second-order valence-electron chi connectivity index (χ2n) is 9.52. The lowest BCUT2D eigenvalue weighted by Gasteiger charge is -2.32. The third kappa shape index (κ3) is 7.17. The minimum atomic E-state index is -0.494. The van der Waals surface area contributed by atoms with Gasteiger partial charge in [0, 0.05) is 45.7 Å². The van der Waals surface area contributed by atoms with Crippen molar-refractivity contribution < 1.29 is 19.4 Å². The Morgan fingerprint density at radius 2 is 1.91 bits per heavy atom. The van der Waals surface area contributed by atoms with Gasteiger partial charge in [0.2, 0.25) is 5.91 Å². The molecule has 7 heteroatoms. The van der Waals surface area contributed by atoms with Crippen LogP contribution in [0.4, 0.5) is 0 Å². The number of morpholine rings is 1. The Labute approximate surface area is 192 Å². The Morgan fingerprint density at radius 3 is 2.66 bits per heavy atom. The van der Waals surface area contributed by atoms with E-state index >= 15 is 0 Å². The molecule has 0 unspecified atom stereocenters. The summed E-state index contributed by atoms with van der Waals surface area (Å²) in [5.74, 6) is 1.91. The number of piperidine rings is 1. The van der Waals surface area contributed by atoms with E-state index in [-0.39, 0.29) is 0 Å². The lowest BCUT2D eigenvalue weighted by Crippen LogP contribution is -2.42. The number of likely N-dealkylation sites (tertiary alicyclic amines) is 2. The number of rotatable bonds is 10. The Kier molecular flexibility index (Phi) is 8.79. The molecule has 3 aliphatic heterocycles. The van der Waals surface area contributed by atoms with E-state index in [1.807, 2.05) is 12.1 Å². The first-order valence-electron chi connectivity index (χ1n) is 12.4. The highest BCUT2D eigenvalue weighted by Crippen LogP contribution is 2.24. The molecule has 0 radical (unpaired) electrons. The largest absolute Gasteiger partial charge is 0.491 e. The van der Waals surface area contributed by atoms with Crippen molar-refractivity contribution in [3.8, 4) is 5.75 Å². The van der Waals surface area contributed by atoms with Crippen LogP contribution in [-0.4, -0.2) is 97.5 Å². The summed E-state index contributed by atoms with van der Waals surface area (Å²) in [6, 6.07) is 8.27. The van der Waals surface area contributed by atoms with Crippen LogP contribution in [-0.2, 0) is 16.1 Å². The smallest absolute Gasteiger partial charge is 0.222 e. The molecule has 0 aliphatic carbocycles. The van der Waals surface area contributed by atoms with E-state index in [0.717, 1.165) is 90.0 Å². The highest BCUT2D eigenvalue weighted by Gasteiger charge is 2.24. The van der Waals surface area contributed by atoms with Crippen molar-refractivity contribution in [1.82, 2.24) is 14.7 Å². The van der Waals surface area contributed by atoms with Crippen LogP contribution in [0.3, 0.4) is 0 Å². The molecule has 0 bridgehead atoms. The highest BCUT2D eigenvalue weighted by molar-refractivity contribution is 5.77. The maximum Gasteiger partial charge on any atom is 0.222 e. The van der Waals surface area contributed by atoms with E-state index in [1.54, 1.807) is 0 Å². The summed E-state index contributed by atoms with van der Waals surface area (Å²) in [4.78, 5) is 18.6. The Balaban J connectivity index is 1.15. The van der Waals surface area contributed by atoms with Crippen LogP contribution in [0.5, 0.6) is 5.75 Å². The van der Waals surface area contributed by atoms with Crippen LogP contribution in [0, 0.1) is 5.92 Å². The molecule has 3 heterocycles. The number of carbonyl (C=O) groups is 1. The third-order valence-electron chi connectivity index (χ3n) is 7.01. The molecular weight excluding hydrogens is 406 g/mol. The topological polar surface area (TPSA) is 65.5 Å². The molecule has 1 amide bonds. The van der Waals surface area contributed by atoms with Gasteiger partial charge in [-0.05, 0) is 62.4 Å². The standard InChI is InChI=1S/C25H39N3O4/c29-23(19-27-13-15-31-16-14-27)20-32-24-4-1-3-22(17-24)18-26-10-6-21(7-11-26)8-12-28-9-2-5-25(28)30/h1,3-4,17,21,23,29H,2,5-16,18-20H2/t23-/m0/s1. The van der Waals surface area contributed by atoms with Crippen LogP contribution in [0.2, 0.25) is 0 Å². The zero-order valence-corrected chi connectivity index (χ0v) is 19.3. The summed E-state index contributed by atoms with van der Waals surface area (Å²) < 4.78 is 11.2. The zero-order chi connectivity index (χ0) is 22.2. The second-order valence-corrected chi connectivity index (χ2v) is 9.52. The zero-order valence-electron chi connectivity index (χ0n) is 19.3. The Bertz CT molecular complexity index is 717. The van der Waals surface area contributed by atoms with Gasteiger partial charge in [0.1, 0.15) is 18.5 Å². The van der Waals surface area contributed by atoms with Gasteiger partial charge in [-0.3, -0.25) is 14.6 Å². The second kappa shape index (κ2) is 12.0. The average Bonchev–Trinajstić information content (AvgIpc) is 3.23. The number of hydrogen-bond donors (Lipinski definition) is 1. The Morgan fingerprint density at radius 1 is 1.09 bits per heavy atom. The maximum atomic E-state index is 11.8. The van der Waals surface area contributed by atoms with Gasteiger partial charge >= 0.3 is 0 Å². The number of carbonyl (C=O) groups excluding carboxylic acids is 1. The minimum absolute atomic E-state index is 0.311.